The minimum atomic E-state index is 0.755. The van der Waals surface area contributed by atoms with Crippen LogP contribution in [0.1, 0.15) is 30.5 Å². The van der Waals surface area contributed by atoms with Crippen LogP contribution in [-0.2, 0) is 12.8 Å². The first-order valence-corrected chi connectivity index (χ1v) is 8.14. The Labute approximate surface area is 132 Å². The summed E-state index contributed by atoms with van der Waals surface area (Å²) in [6, 6.07) is 4.16. The second-order valence-corrected chi connectivity index (χ2v) is 6.66. The van der Waals surface area contributed by atoms with Gasteiger partial charge in [0.25, 0.3) is 0 Å². The van der Waals surface area contributed by atoms with E-state index < -0.39 is 0 Å². The molecule has 1 aromatic carbocycles. The van der Waals surface area contributed by atoms with Crippen molar-refractivity contribution in [3.8, 4) is 0 Å². The molecule has 19 heavy (non-hydrogen) atoms. The van der Waals surface area contributed by atoms with Crippen molar-refractivity contribution in [2.24, 2.45) is 0 Å². The van der Waals surface area contributed by atoms with E-state index in [4.69, 9.17) is 16.6 Å². The molecule has 1 aliphatic rings. The Balaban J connectivity index is 2.36. The maximum atomic E-state index is 6.38. The molecule has 0 atom stereocenters. The average molecular weight is 387 g/mol. The molecule has 1 N–H and O–H groups in total. The predicted octanol–water partition coefficient (Wildman–Crippen LogP) is 4.80. The van der Waals surface area contributed by atoms with Crippen molar-refractivity contribution in [2.45, 2.75) is 32.1 Å². The van der Waals surface area contributed by atoms with E-state index in [1.807, 2.05) is 13.1 Å². The summed E-state index contributed by atoms with van der Waals surface area (Å²) in [6.07, 6.45) is 5.98. The van der Waals surface area contributed by atoms with Crippen molar-refractivity contribution >= 4 is 50.8 Å². The third kappa shape index (κ3) is 2.42. The van der Waals surface area contributed by atoms with Crippen molar-refractivity contribution in [1.82, 2.24) is 4.98 Å². The number of aromatic nitrogens is 1. The zero-order valence-corrected chi connectivity index (χ0v) is 13.8. The van der Waals surface area contributed by atoms with Gasteiger partial charge in [0.2, 0.25) is 0 Å². The van der Waals surface area contributed by atoms with Crippen LogP contribution in [0.15, 0.2) is 12.1 Å². The van der Waals surface area contributed by atoms with E-state index in [0.29, 0.717) is 0 Å². The predicted molar refractivity (Wildman–Crippen MR) is 90.3 cm³/mol. The van der Waals surface area contributed by atoms with Crippen LogP contribution in [0.4, 0.5) is 5.69 Å². The summed E-state index contributed by atoms with van der Waals surface area (Å²) in [7, 11) is 1.99. The molecule has 0 bridgehead atoms. The minimum Gasteiger partial charge on any atom is -0.387 e. The van der Waals surface area contributed by atoms with Crippen molar-refractivity contribution in [3.05, 3.63) is 32.0 Å². The number of nitrogens with zero attached hydrogens (tertiary/aromatic N) is 1. The first-order chi connectivity index (χ1) is 9.20. The number of halogens is 2. The van der Waals surface area contributed by atoms with Gasteiger partial charge < -0.3 is 5.32 Å². The van der Waals surface area contributed by atoms with E-state index in [0.717, 1.165) is 32.3 Å². The molecule has 0 radical (unpaired) electrons. The highest BCUT2D eigenvalue weighted by Gasteiger charge is 2.18. The monoisotopic (exact) mass is 386 g/mol. The highest BCUT2D eigenvalue weighted by atomic mass is 127. The second-order valence-electron chi connectivity index (χ2n) is 5.01. The summed E-state index contributed by atoms with van der Waals surface area (Å²) < 4.78 is 1.15. The van der Waals surface area contributed by atoms with Gasteiger partial charge in [-0.25, -0.2) is 0 Å². The number of pyridine rings is 1. The number of hydrogen-bond acceptors (Lipinski definition) is 2. The summed E-state index contributed by atoms with van der Waals surface area (Å²) in [5.74, 6) is 0. The summed E-state index contributed by atoms with van der Waals surface area (Å²) in [4.78, 5) is 4.85. The largest absolute Gasteiger partial charge is 0.387 e. The van der Waals surface area contributed by atoms with Gasteiger partial charge in [0.15, 0.2) is 0 Å². The van der Waals surface area contributed by atoms with E-state index in [1.165, 1.54) is 36.2 Å². The quantitative estimate of drug-likeness (QED) is 0.562. The Hall–Kier alpha value is -0.550. The molecule has 0 saturated carbocycles. The zero-order valence-electron chi connectivity index (χ0n) is 10.9. The first kappa shape index (κ1) is 13.4. The molecule has 0 unspecified atom stereocenters. The summed E-state index contributed by atoms with van der Waals surface area (Å²) in [5.41, 5.74) is 4.79. The van der Waals surface area contributed by atoms with Crippen LogP contribution in [0.5, 0.6) is 0 Å². The maximum Gasteiger partial charge on any atom is 0.0913 e. The average Bonchev–Trinajstić information content (AvgIpc) is 2.61. The van der Waals surface area contributed by atoms with Gasteiger partial charge in [-0.2, -0.15) is 0 Å². The van der Waals surface area contributed by atoms with E-state index in [9.17, 15) is 0 Å². The normalized spacial score (nSPS) is 15.1. The fourth-order valence-corrected chi connectivity index (χ4v) is 3.98. The van der Waals surface area contributed by atoms with Crippen LogP contribution in [0.3, 0.4) is 0 Å². The summed E-state index contributed by atoms with van der Waals surface area (Å²) >= 11 is 8.69. The van der Waals surface area contributed by atoms with Crippen molar-refractivity contribution in [2.75, 3.05) is 12.4 Å². The Morgan fingerprint density at radius 1 is 1.21 bits per heavy atom. The van der Waals surface area contributed by atoms with Crippen LogP contribution in [0.2, 0.25) is 5.02 Å². The third-order valence-electron chi connectivity index (χ3n) is 3.78. The fourth-order valence-electron chi connectivity index (χ4n) is 2.91. The molecule has 0 amide bonds. The van der Waals surface area contributed by atoms with Crippen LogP contribution in [-0.4, -0.2) is 12.0 Å². The SMILES string of the molecule is CNc1c2c(nc3c(Cl)cc(I)cc13)CCCCC2. The van der Waals surface area contributed by atoms with Gasteiger partial charge in [0.1, 0.15) is 0 Å². The van der Waals surface area contributed by atoms with Crippen molar-refractivity contribution in [3.63, 3.8) is 0 Å². The summed E-state index contributed by atoms with van der Waals surface area (Å²) in [6.45, 7) is 0. The summed E-state index contributed by atoms with van der Waals surface area (Å²) in [5, 5.41) is 5.29. The number of rotatable bonds is 1. The number of benzene rings is 1. The standard InChI is InChI=1S/C15H16ClIN2/c1-18-14-10-5-3-2-4-6-13(10)19-15-11(14)7-9(17)8-12(15)16/h7-8H,2-6H2,1H3,(H,18,19). The smallest absolute Gasteiger partial charge is 0.0913 e. The van der Waals surface area contributed by atoms with Gasteiger partial charge in [-0.3, -0.25) is 4.98 Å². The third-order valence-corrected chi connectivity index (χ3v) is 4.70. The second kappa shape index (κ2) is 5.44. The lowest BCUT2D eigenvalue weighted by molar-refractivity contribution is 0.709. The van der Waals surface area contributed by atoms with Crippen LogP contribution in [0.25, 0.3) is 10.9 Å². The van der Waals surface area contributed by atoms with Gasteiger partial charge >= 0.3 is 0 Å². The molecule has 100 valence electrons. The van der Waals surface area contributed by atoms with E-state index in [2.05, 4.69) is 34.0 Å². The van der Waals surface area contributed by atoms with Crippen LogP contribution >= 0.6 is 34.2 Å². The molecule has 0 saturated heterocycles. The number of nitrogens with one attached hydrogen (secondary N) is 1. The molecule has 1 aliphatic carbocycles. The maximum absolute atomic E-state index is 6.38. The Kier molecular flexibility index (Phi) is 3.85. The molecule has 0 aliphatic heterocycles. The Morgan fingerprint density at radius 2 is 2.00 bits per heavy atom. The lowest BCUT2D eigenvalue weighted by Gasteiger charge is -2.16. The molecule has 0 fully saturated rings. The molecule has 0 spiro atoms. The van der Waals surface area contributed by atoms with Crippen molar-refractivity contribution in [1.29, 1.82) is 0 Å². The highest BCUT2D eigenvalue weighted by Crippen LogP contribution is 2.36. The fraction of sp³-hybridized carbons (Fsp3) is 0.400. The minimum absolute atomic E-state index is 0.755. The van der Waals surface area contributed by atoms with E-state index in [1.54, 1.807) is 0 Å². The molecule has 3 rings (SSSR count). The molecular formula is C15H16ClIN2. The van der Waals surface area contributed by atoms with Gasteiger partial charge in [0.05, 0.1) is 10.5 Å². The Bertz CT molecular complexity index is 640. The topological polar surface area (TPSA) is 24.9 Å². The van der Waals surface area contributed by atoms with E-state index >= 15 is 0 Å². The highest BCUT2D eigenvalue weighted by molar-refractivity contribution is 14.1. The zero-order chi connectivity index (χ0) is 13.4. The number of fused-ring (bicyclic) bond motifs is 2. The van der Waals surface area contributed by atoms with Crippen LogP contribution in [0, 0.1) is 3.57 Å². The van der Waals surface area contributed by atoms with Gasteiger partial charge in [-0.05, 0) is 66.0 Å². The lowest BCUT2D eigenvalue weighted by Crippen LogP contribution is -2.04. The lowest BCUT2D eigenvalue weighted by atomic mass is 10.0. The molecule has 2 nitrogen and oxygen atoms in total. The van der Waals surface area contributed by atoms with Gasteiger partial charge in [0, 0.05) is 27.4 Å². The first-order valence-electron chi connectivity index (χ1n) is 6.69. The van der Waals surface area contributed by atoms with Gasteiger partial charge in [-0.1, -0.05) is 18.0 Å². The number of hydrogen-bond donors (Lipinski definition) is 1. The van der Waals surface area contributed by atoms with Crippen LogP contribution < -0.4 is 5.32 Å². The molecule has 1 aromatic heterocycles. The van der Waals surface area contributed by atoms with Crippen molar-refractivity contribution < 1.29 is 0 Å². The van der Waals surface area contributed by atoms with E-state index in [-0.39, 0.29) is 0 Å². The molecule has 4 heteroatoms. The van der Waals surface area contributed by atoms with Gasteiger partial charge in [-0.15, -0.1) is 0 Å². The number of anilines is 1. The Morgan fingerprint density at radius 3 is 2.79 bits per heavy atom. The molecule has 1 heterocycles. The molecule has 2 aromatic rings. The molecular weight excluding hydrogens is 371 g/mol. The number of aryl methyl sites for hydroxylation is 1.